The molecule has 2 rings (SSSR count). The van der Waals surface area contributed by atoms with Crippen molar-refractivity contribution in [1.29, 1.82) is 0 Å². The van der Waals surface area contributed by atoms with Gasteiger partial charge in [0.05, 0.1) is 0 Å². The van der Waals surface area contributed by atoms with E-state index in [-0.39, 0.29) is 0 Å². The van der Waals surface area contributed by atoms with E-state index in [1.807, 2.05) is 48.5 Å². The summed E-state index contributed by atoms with van der Waals surface area (Å²) in [4.78, 5) is 0. The summed E-state index contributed by atoms with van der Waals surface area (Å²) in [7, 11) is 0. The number of ether oxygens (including phenoxy) is 1. The molecule has 0 fully saturated rings. The minimum absolute atomic E-state index is 0.874. The number of para-hydroxylation sites is 2. The van der Waals surface area contributed by atoms with Gasteiger partial charge in [0.25, 0.3) is 0 Å². The molecule has 0 aromatic heterocycles. The summed E-state index contributed by atoms with van der Waals surface area (Å²) < 4.78 is 5.83. The second kappa shape index (κ2) is 5.36. The molecule has 0 unspecified atom stereocenters. The van der Waals surface area contributed by atoms with Gasteiger partial charge < -0.3 is 4.74 Å². The van der Waals surface area contributed by atoms with Gasteiger partial charge >= 0.3 is 0 Å². The smallest absolute Gasteiger partial charge is 0.130 e. The van der Waals surface area contributed by atoms with E-state index in [1.54, 1.807) is 0 Å². The van der Waals surface area contributed by atoms with Gasteiger partial charge in [-0.05, 0) is 36.6 Å². The van der Waals surface area contributed by atoms with Crippen LogP contribution in [0.3, 0.4) is 0 Å². The summed E-state index contributed by atoms with van der Waals surface area (Å²) >= 11 is 0. The quantitative estimate of drug-likeness (QED) is 0.734. The zero-order valence-electron chi connectivity index (χ0n) is 9.23. The molecule has 0 amide bonds. The van der Waals surface area contributed by atoms with Crippen LogP contribution in [0.2, 0.25) is 0 Å². The molecule has 0 heterocycles. The Morgan fingerprint density at radius 2 is 1.56 bits per heavy atom. The zero-order chi connectivity index (χ0) is 11.2. The molecule has 2 aromatic carbocycles. The predicted molar refractivity (Wildman–Crippen MR) is 66.6 cm³/mol. The van der Waals surface area contributed by atoms with E-state index in [0.717, 1.165) is 24.3 Å². The van der Waals surface area contributed by atoms with Crippen LogP contribution in [0.1, 0.15) is 12.0 Å². The molecule has 0 bridgehead atoms. The van der Waals surface area contributed by atoms with Crippen molar-refractivity contribution < 1.29 is 4.74 Å². The van der Waals surface area contributed by atoms with Crippen LogP contribution in [-0.4, -0.2) is 0 Å². The first-order valence-electron chi connectivity index (χ1n) is 5.50. The van der Waals surface area contributed by atoms with E-state index in [2.05, 4.69) is 13.0 Å². The summed E-state index contributed by atoms with van der Waals surface area (Å²) in [5, 5.41) is 0. The van der Waals surface area contributed by atoms with Crippen LogP contribution >= 0.6 is 0 Å². The van der Waals surface area contributed by atoms with Crippen molar-refractivity contribution in [2.75, 3.05) is 0 Å². The van der Waals surface area contributed by atoms with Gasteiger partial charge in [-0.2, -0.15) is 0 Å². The van der Waals surface area contributed by atoms with Crippen molar-refractivity contribution in [3.8, 4) is 11.5 Å². The lowest BCUT2D eigenvalue weighted by Crippen LogP contribution is -1.90. The average molecular weight is 211 g/mol. The monoisotopic (exact) mass is 211 g/mol. The van der Waals surface area contributed by atoms with Crippen molar-refractivity contribution in [2.24, 2.45) is 0 Å². The Kier molecular flexibility index (Phi) is 3.60. The summed E-state index contributed by atoms with van der Waals surface area (Å²) in [6, 6.07) is 17.9. The number of benzene rings is 2. The highest BCUT2D eigenvalue weighted by molar-refractivity contribution is 5.37. The van der Waals surface area contributed by atoms with Crippen molar-refractivity contribution in [3.05, 3.63) is 67.1 Å². The number of hydrogen-bond donors (Lipinski definition) is 0. The Labute approximate surface area is 96.7 Å². The minimum Gasteiger partial charge on any atom is -0.457 e. The van der Waals surface area contributed by atoms with Gasteiger partial charge in [-0.3, -0.25) is 0 Å². The highest BCUT2D eigenvalue weighted by atomic mass is 16.5. The SMILES string of the molecule is [CH2]CCc1ccccc1Oc1ccccc1. The van der Waals surface area contributed by atoms with Gasteiger partial charge in [0.15, 0.2) is 0 Å². The second-order valence-corrected chi connectivity index (χ2v) is 3.63. The molecule has 1 heteroatoms. The molecular formula is C15H15O. The van der Waals surface area contributed by atoms with Crippen LogP contribution in [-0.2, 0) is 6.42 Å². The van der Waals surface area contributed by atoms with Gasteiger partial charge in [-0.25, -0.2) is 0 Å². The molecule has 0 spiro atoms. The summed E-state index contributed by atoms with van der Waals surface area (Å²) in [6.07, 6.45) is 1.83. The molecule has 1 nitrogen and oxygen atoms in total. The first-order chi connectivity index (χ1) is 7.90. The van der Waals surface area contributed by atoms with Crippen LogP contribution in [0, 0.1) is 6.92 Å². The number of aryl methyl sites for hydroxylation is 1. The lowest BCUT2D eigenvalue weighted by molar-refractivity contribution is 0.476. The van der Waals surface area contributed by atoms with E-state index in [4.69, 9.17) is 4.74 Å². The molecule has 0 aliphatic heterocycles. The summed E-state index contributed by atoms with van der Waals surface area (Å²) in [6.45, 7) is 3.87. The maximum Gasteiger partial charge on any atom is 0.130 e. The lowest BCUT2D eigenvalue weighted by Gasteiger charge is -2.10. The maximum atomic E-state index is 5.83. The van der Waals surface area contributed by atoms with Gasteiger partial charge in [0.2, 0.25) is 0 Å². The molecule has 2 aromatic rings. The first-order valence-corrected chi connectivity index (χ1v) is 5.50. The third-order valence-electron chi connectivity index (χ3n) is 2.39. The molecular weight excluding hydrogens is 196 g/mol. The second-order valence-electron chi connectivity index (χ2n) is 3.63. The fraction of sp³-hybridized carbons (Fsp3) is 0.133. The van der Waals surface area contributed by atoms with Crippen LogP contribution in [0.25, 0.3) is 0 Å². The molecule has 0 atom stereocenters. The van der Waals surface area contributed by atoms with Gasteiger partial charge in [-0.15, -0.1) is 0 Å². The fourth-order valence-electron chi connectivity index (χ4n) is 1.62. The van der Waals surface area contributed by atoms with Crippen molar-refractivity contribution in [1.82, 2.24) is 0 Å². The number of rotatable bonds is 4. The molecule has 16 heavy (non-hydrogen) atoms. The normalized spacial score (nSPS) is 10.1. The topological polar surface area (TPSA) is 9.23 Å². The number of hydrogen-bond acceptors (Lipinski definition) is 1. The van der Waals surface area contributed by atoms with E-state index in [1.165, 1.54) is 5.56 Å². The lowest BCUT2D eigenvalue weighted by atomic mass is 10.1. The van der Waals surface area contributed by atoms with Crippen molar-refractivity contribution >= 4 is 0 Å². The van der Waals surface area contributed by atoms with Crippen LogP contribution in [0.15, 0.2) is 54.6 Å². The largest absolute Gasteiger partial charge is 0.457 e. The molecule has 1 radical (unpaired) electrons. The highest BCUT2D eigenvalue weighted by Crippen LogP contribution is 2.25. The Bertz CT molecular complexity index is 434. The minimum atomic E-state index is 0.874. The predicted octanol–water partition coefficient (Wildman–Crippen LogP) is 4.25. The van der Waals surface area contributed by atoms with Crippen LogP contribution in [0.4, 0.5) is 0 Å². The maximum absolute atomic E-state index is 5.83. The van der Waals surface area contributed by atoms with Crippen molar-refractivity contribution in [3.63, 3.8) is 0 Å². The van der Waals surface area contributed by atoms with Gasteiger partial charge in [-0.1, -0.05) is 43.3 Å². The molecule has 0 N–H and O–H groups in total. The van der Waals surface area contributed by atoms with Crippen LogP contribution < -0.4 is 4.74 Å². The van der Waals surface area contributed by atoms with E-state index in [0.29, 0.717) is 0 Å². The Morgan fingerprint density at radius 3 is 2.31 bits per heavy atom. The third kappa shape index (κ3) is 2.63. The summed E-state index contributed by atoms with van der Waals surface area (Å²) in [5.74, 6) is 1.80. The third-order valence-corrected chi connectivity index (χ3v) is 2.39. The fourth-order valence-corrected chi connectivity index (χ4v) is 1.62. The average Bonchev–Trinajstić information content (AvgIpc) is 2.33. The van der Waals surface area contributed by atoms with E-state index >= 15 is 0 Å². The molecule has 0 aliphatic rings. The molecule has 81 valence electrons. The highest BCUT2D eigenvalue weighted by Gasteiger charge is 2.02. The molecule has 0 saturated carbocycles. The Morgan fingerprint density at radius 1 is 0.875 bits per heavy atom. The Hall–Kier alpha value is -1.76. The van der Waals surface area contributed by atoms with Crippen LogP contribution in [0.5, 0.6) is 11.5 Å². The van der Waals surface area contributed by atoms with Gasteiger partial charge in [0, 0.05) is 0 Å². The summed E-state index contributed by atoms with van der Waals surface area (Å²) in [5.41, 5.74) is 1.21. The van der Waals surface area contributed by atoms with Gasteiger partial charge in [0.1, 0.15) is 11.5 Å². The standard InChI is InChI=1S/C15H15O/c1-2-8-13-9-6-7-12-15(13)16-14-10-4-3-5-11-14/h3-7,9-12H,1-2,8H2. The first kappa shape index (κ1) is 10.7. The van der Waals surface area contributed by atoms with E-state index in [9.17, 15) is 0 Å². The molecule has 0 aliphatic carbocycles. The molecule has 0 saturated heterocycles. The van der Waals surface area contributed by atoms with E-state index < -0.39 is 0 Å². The zero-order valence-corrected chi connectivity index (χ0v) is 9.23. The Balaban J connectivity index is 2.21. The van der Waals surface area contributed by atoms with Crippen molar-refractivity contribution in [2.45, 2.75) is 12.8 Å².